The second kappa shape index (κ2) is 8.51. The summed E-state index contributed by atoms with van der Waals surface area (Å²) >= 11 is 1.24. The van der Waals surface area contributed by atoms with Crippen molar-refractivity contribution >= 4 is 33.7 Å². The molecule has 32 heavy (non-hydrogen) atoms. The third-order valence-electron chi connectivity index (χ3n) is 5.51. The molecule has 160 valence electrons. The van der Waals surface area contributed by atoms with Gasteiger partial charge in [-0.05, 0) is 48.9 Å². The van der Waals surface area contributed by atoms with Crippen LogP contribution < -0.4 is 10.2 Å². The molecule has 5 rings (SSSR count). The Balaban J connectivity index is 1.63. The van der Waals surface area contributed by atoms with E-state index < -0.39 is 0 Å². The fraction of sp³-hybridized carbons (Fsp3) is 0.160. The number of fused-ring (bicyclic) bond motifs is 1. The van der Waals surface area contributed by atoms with Crippen LogP contribution in [0.25, 0.3) is 22.4 Å². The SMILES string of the molecule is COc1ccc(-c2nc3cc(C4=NNC(=O)SC4C)ccc3n2Cc2ccccc2)cc1. The van der Waals surface area contributed by atoms with Gasteiger partial charge in [-0.2, -0.15) is 5.10 Å². The summed E-state index contributed by atoms with van der Waals surface area (Å²) in [4.78, 5) is 16.6. The van der Waals surface area contributed by atoms with Crippen molar-refractivity contribution in [3.05, 3.63) is 83.9 Å². The summed E-state index contributed by atoms with van der Waals surface area (Å²) in [5.74, 6) is 1.70. The first-order chi connectivity index (χ1) is 15.6. The smallest absolute Gasteiger partial charge is 0.299 e. The first kappa shape index (κ1) is 20.3. The van der Waals surface area contributed by atoms with Crippen LogP contribution >= 0.6 is 11.8 Å². The molecule has 0 saturated carbocycles. The van der Waals surface area contributed by atoms with Crippen LogP contribution in [0.15, 0.2) is 77.9 Å². The molecule has 0 aliphatic carbocycles. The minimum Gasteiger partial charge on any atom is -0.497 e. The Morgan fingerprint density at radius 2 is 1.78 bits per heavy atom. The first-order valence-electron chi connectivity index (χ1n) is 10.4. The summed E-state index contributed by atoms with van der Waals surface area (Å²) in [5.41, 5.74) is 8.54. The highest BCUT2D eigenvalue weighted by Crippen LogP contribution is 2.29. The maximum Gasteiger partial charge on any atom is 0.299 e. The lowest BCUT2D eigenvalue weighted by Crippen LogP contribution is -2.29. The zero-order chi connectivity index (χ0) is 22.1. The number of methoxy groups -OCH3 is 1. The zero-order valence-electron chi connectivity index (χ0n) is 17.8. The van der Waals surface area contributed by atoms with E-state index in [1.54, 1.807) is 7.11 Å². The van der Waals surface area contributed by atoms with Crippen LogP contribution in [0.5, 0.6) is 5.75 Å². The molecule has 6 nitrogen and oxygen atoms in total. The fourth-order valence-corrected chi connectivity index (χ4v) is 4.63. The minimum absolute atomic E-state index is 0.0198. The van der Waals surface area contributed by atoms with E-state index in [9.17, 15) is 4.79 Å². The van der Waals surface area contributed by atoms with Gasteiger partial charge in [0.05, 0.1) is 29.1 Å². The zero-order valence-corrected chi connectivity index (χ0v) is 18.6. The lowest BCUT2D eigenvalue weighted by Gasteiger charge is -2.18. The number of rotatable bonds is 5. The molecule has 4 aromatic rings. The molecule has 0 radical (unpaired) electrons. The number of carbonyl (C=O) groups excluding carboxylic acids is 1. The van der Waals surface area contributed by atoms with Gasteiger partial charge >= 0.3 is 0 Å². The van der Waals surface area contributed by atoms with Gasteiger partial charge in [0.1, 0.15) is 11.6 Å². The van der Waals surface area contributed by atoms with E-state index >= 15 is 0 Å². The van der Waals surface area contributed by atoms with Crippen molar-refractivity contribution in [1.29, 1.82) is 0 Å². The predicted octanol–water partition coefficient (Wildman–Crippen LogP) is 5.31. The third-order valence-corrected chi connectivity index (χ3v) is 6.39. The summed E-state index contributed by atoms with van der Waals surface area (Å²) in [5, 5.41) is 4.14. The Kier molecular flexibility index (Phi) is 5.41. The van der Waals surface area contributed by atoms with Gasteiger partial charge in [-0.15, -0.1) is 0 Å². The molecule has 0 bridgehead atoms. The number of hydrogen-bond donors (Lipinski definition) is 1. The van der Waals surface area contributed by atoms with Crippen LogP contribution in [0.4, 0.5) is 4.79 Å². The number of hydrazone groups is 1. The summed E-state index contributed by atoms with van der Waals surface area (Å²) in [6.07, 6.45) is 0. The van der Waals surface area contributed by atoms with E-state index in [1.165, 1.54) is 17.3 Å². The number of aromatic nitrogens is 2. The van der Waals surface area contributed by atoms with Crippen molar-refractivity contribution in [3.63, 3.8) is 0 Å². The lowest BCUT2D eigenvalue weighted by molar-refractivity contribution is 0.261. The maximum atomic E-state index is 11.6. The highest BCUT2D eigenvalue weighted by atomic mass is 32.2. The molecule has 1 amide bonds. The molecule has 7 heteroatoms. The molecule has 1 aromatic heterocycles. The summed E-state index contributed by atoms with van der Waals surface area (Å²) in [6, 6.07) is 24.5. The van der Waals surface area contributed by atoms with Gasteiger partial charge in [-0.3, -0.25) is 4.79 Å². The van der Waals surface area contributed by atoms with Gasteiger partial charge in [0.25, 0.3) is 5.24 Å². The number of carbonyl (C=O) groups is 1. The minimum atomic E-state index is -0.128. The molecule has 2 heterocycles. The Hall–Kier alpha value is -3.58. The molecule has 1 aliphatic rings. The van der Waals surface area contributed by atoms with Crippen molar-refractivity contribution in [2.75, 3.05) is 7.11 Å². The molecule has 1 unspecified atom stereocenters. The van der Waals surface area contributed by atoms with Crippen LogP contribution in [-0.2, 0) is 6.54 Å². The highest BCUT2D eigenvalue weighted by Gasteiger charge is 2.23. The molecule has 0 fully saturated rings. The molecule has 0 spiro atoms. The molecular weight excluding hydrogens is 420 g/mol. The maximum absolute atomic E-state index is 11.6. The quantitative estimate of drug-likeness (QED) is 0.455. The van der Waals surface area contributed by atoms with Crippen LogP contribution in [0, 0.1) is 0 Å². The van der Waals surface area contributed by atoms with Gasteiger partial charge in [0.15, 0.2) is 0 Å². The Bertz CT molecular complexity index is 1310. The van der Waals surface area contributed by atoms with Crippen LogP contribution in [0.2, 0.25) is 0 Å². The van der Waals surface area contributed by atoms with E-state index in [0.29, 0.717) is 6.54 Å². The topological polar surface area (TPSA) is 68.5 Å². The van der Waals surface area contributed by atoms with Gasteiger partial charge in [0.2, 0.25) is 0 Å². The molecule has 0 saturated heterocycles. The standard InChI is InChI=1S/C25H22N4O2S/c1-16-23(27-28-25(30)32-16)19-10-13-22-21(14-19)26-24(18-8-11-20(31-2)12-9-18)29(22)15-17-6-4-3-5-7-17/h3-14,16H,15H2,1-2H3,(H,28,30). The van der Waals surface area contributed by atoms with Crippen LogP contribution in [0.1, 0.15) is 18.1 Å². The van der Waals surface area contributed by atoms with Gasteiger partial charge in [-0.1, -0.05) is 48.2 Å². The average Bonchev–Trinajstić information content (AvgIpc) is 3.17. The normalized spacial score (nSPS) is 16.0. The monoisotopic (exact) mass is 442 g/mol. The highest BCUT2D eigenvalue weighted by molar-refractivity contribution is 8.14. The number of hydrogen-bond acceptors (Lipinski definition) is 5. The summed E-state index contributed by atoms with van der Waals surface area (Å²) in [7, 11) is 1.66. The fourth-order valence-electron chi connectivity index (χ4n) is 3.91. The molecular formula is C25H22N4O2S. The number of nitrogens with zero attached hydrogens (tertiary/aromatic N) is 3. The number of imidazole rings is 1. The van der Waals surface area contributed by atoms with Gasteiger partial charge in [-0.25, -0.2) is 10.4 Å². The predicted molar refractivity (Wildman–Crippen MR) is 129 cm³/mol. The van der Waals surface area contributed by atoms with Crippen molar-refractivity contribution in [1.82, 2.24) is 15.0 Å². The number of ether oxygens (including phenoxy) is 1. The molecule has 1 N–H and O–H groups in total. The second-order valence-electron chi connectivity index (χ2n) is 7.60. The molecule has 1 atom stereocenters. The van der Waals surface area contributed by atoms with E-state index in [-0.39, 0.29) is 10.5 Å². The summed E-state index contributed by atoms with van der Waals surface area (Å²) in [6.45, 7) is 2.70. The van der Waals surface area contributed by atoms with E-state index in [0.717, 1.165) is 39.4 Å². The summed E-state index contributed by atoms with van der Waals surface area (Å²) < 4.78 is 7.55. The molecule has 1 aliphatic heterocycles. The number of thioether (sulfide) groups is 1. The number of nitrogens with one attached hydrogen (secondary N) is 1. The van der Waals surface area contributed by atoms with Crippen molar-refractivity contribution in [2.24, 2.45) is 5.10 Å². The van der Waals surface area contributed by atoms with E-state index in [4.69, 9.17) is 9.72 Å². The Morgan fingerprint density at radius 3 is 2.50 bits per heavy atom. The Labute approximate surface area is 190 Å². The number of benzene rings is 3. The van der Waals surface area contributed by atoms with Crippen LogP contribution in [0.3, 0.4) is 0 Å². The van der Waals surface area contributed by atoms with Crippen molar-refractivity contribution in [2.45, 2.75) is 18.7 Å². The third kappa shape index (κ3) is 3.87. The molecule has 3 aromatic carbocycles. The van der Waals surface area contributed by atoms with Crippen molar-refractivity contribution in [3.8, 4) is 17.1 Å². The van der Waals surface area contributed by atoms with Gasteiger partial charge in [0, 0.05) is 17.7 Å². The van der Waals surface area contributed by atoms with Crippen LogP contribution in [-0.4, -0.2) is 32.9 Å². The van der Waals surface area contributed by atoms with Gasteiger partial charge < -0.3 is 9.30 Å². The Morgan fingerprint density at radius 1 is 1.03 bits per heavy atom. The van der Waals surface area contributed by atoms with E-state index in [1.807, 2.05) is 49.4 Å². The number of amides is 1. The largest absolute Gasteiger partial charge is 0.497 e. The average molecular weight is 443 g/mol. The van der Waals surface area contributed by atoms with E-state index in [2.05, 4.69) is 45.4 Å². The second-order valence-corrected chi connectivity index (χ2v) is 8.91. The lowest BCUT2D eigenvalue weighted by atomic mass is 10.1. The first-order valence-corrected chi connectivity index (χ1v) is 11.2. The van der Waals surface area contributed by atoms with Crippen molar-refractivity contribution < 1.29 is 9.53 Å².